The van der Waals surface area contributed by atoms with Gasteiger partial charge in [0.05, 0.1) is 38.8 Å². The highest BCUT2D eigenvalue weighted by atomic mass is 79.9. The van der Waals surface area contributed by atoms with Gasteiger partial charge >= 0.3 is 11.9 Å². The predicted octanol–water partition coefficient (Wildman–Crippen LogP) is 8.32. The Kier molecular flexibility index (Phi) is 15.6. The third-order valence-electron chi connectivity index (χ3n) is 8.93. The van der Waals surface area contributed by atoms with Gasteiger partial charge in [-0.1, -0.05) is 36.1 Å². The first kappa shape index (κ1) is 46.9. The van der Waals surface area contributed by atoms with Gasteiger partial charge in [-0.05, 0) is 113 Å². The SMILES string of the molecule is CC#CCOc1ccc(S(=O)(=O)N(C)c2c(C(=O)O)cnc3c(Br)cccc23)cc1.CC#CCOc1ccc(S(=O)(=O)N(C)c2c(C(=O)OCC)cnc3c(Br)cccc23)cc1. The molecule has 1 N–H and O–H groups in total. The van der Waals surface area contributed by atoms with E-state index >= 15 is 0 Å². The zero-order chi connectivity index (χ0) is 45.2. The van der Waals surface area contributed by atoms with Crippen molar-refractivity contribution in [3.8, 4) is 35.2 Å². The molecule has 0 saturated carbocycles. The quantitative estimate of drug-likeness (QED) is 0.0864. The molecule has 0 unspecified atom stereocenters. The first-order valence-corrected chi connectivity index (χ1v) is 22.8. The third kappa shape index (κ3) is 10.3. The number of pyridine rings is 2. The van der Waals surface area contributed by atoms with Crippen LogP contribution in [0, 0.1) is 23.7 Å². The first-order valence-electron chi connectivity index (χ1n) is 18.4. The molecule has 0 atom stereocenters. The molecular weight excluding hydrogens is 968 g/mol. The molecule has 0 aliphatic heterocycles. The van der Waals surface area contributed by atoms with Crippen LogP contribution in [0.1, 0.15) is 41.5 Å². The highest BCUT2D eigenvalue weighted by Gasteiger charge is 2.30. The second-order valence-electron chi connectivity index (χ2n) is 12.7. The lowest BCUT2D eigenvalue weighted by molar-refractivity contribution is 0.0526. The summed E-state index contributed by atoms with van der Waals surface area (Å²) in [6.45, 7) is 5.64. The number of carbonyl (C=O) groups excluding carboxylic acids is 1. The normalized spacial score (nSPS) is 10.9. The summed E-state index contributed by atoms with van der Waals surface area (Å²) in [5.41, 5.74) is 1.05. The Hall–Kier alpha value is -6.18. The Bertz CT molecular complexity index is 3000. The molecule has 0 amide bonds. The van der Waals surface area contributed by atoms with Gasteiger partial charge < -0.3 is 19.3 Å². The summed E-state index contributed by atoms with van der Waals surface area (Å²) in [5, 5.41) is 10.5. The molecular formula is C44H38Br2N4O10S2. The molecule has 0 radical (unpaired) electrons. The molecule has 14 nitrogen and oxygen atoms in total. The van der Waals surface area contributed by atoms with E-state index in [9.17, 15) is 31.5 Å². The van der Waals surface area contributed by atoms with Crippen LogP contribution >= 0.6 is 31.9 Å². The van der Waals surface area contributed by atoms with Crippen LogP contribution in [0.2, 0.25) is 0 Å². The minimum Gasteiger partial charge on any atom is -0.481 e. The zero-order valence-electron chi connectivity index (χ0n) is 33.8. The van der Waals surface area contributed by atoms with Crippen LogP contribution in [0.25, 0.3) is 21.8 Å². The van der Waals surface area contributed by atoms with Crippen molar-refractivity contribution < 1.29 is 45.7 Å². The summed E-state index contributed by atoms with van der Waals surface area (Å²) < 4.78 is 72.7. The van der Waals surface area contributed by atoms with E-state index in [0.717, 1.165) is 14.8 Å². The maximum absolute atomic E-state index is 13.4. The van der Waals surface area contributed by atoms with Gasteiger partial charge in [0, 0.05) is 46.2 Å². The Morgan fingerprint density at radius 3 is 1.45 bits per heavy atom. The van der Waals surface area contributed by atoms with Crippen molar-refractivity contribution in [3.05, 3.63) is 117 Å². The minimum atomic E-state index is -4.05. The van der Waals surface area contributed by atoms with Gasteiger partial charge in [-0.15, -0.1) is 11.8 Å². The molecule has 2 aromatic heterocycles. The van der Waals surface area contributed by atoms with Gasteiger partial charge in [-0.2, -0.15) is 0 Å². The van der Waals surface area contributed by atoms with Crippen LogP contribution in [0.4, 0.5) is 11.4 Å². The number of carboxylic acid groups (broad SMARTS) is 1. The highest BCUT2D eigenvalue weighted by molar-refractivity contribution is 9.11. The van der Waals surface area contributed by atoms with Gasteiger partial charge in [0.1, 0.15) is 35.8 Å². The number of aromatic carboxylic acids is 1. The molecule has 6 rings (SSSR count). The molecule has 0 aliphatic carbocycles. The molecule has 2 heterocycles. The van der Waals surface area contributed by atoms with E-state index in [1.165, 1.54) is 56.7 Å². The number of rotatable bonds is 13. The van der Waals surface area contributed by atoms with Gasteiger partial charge in [0.25, 0.3) is 20.0 Å². The van der Waals surface area contributed by atoms with Crippen molar-refractivity contribution in [2.45, 2.75) is 30.6 Å². The van der Waals surface area contributed by atoms with Gasteiger partial charge in [-0.3, -0.25) is 18.6 Å². The number of aromatic nitrogens is 2. The summed E-state index contributed by atoms with van der Waals surface area (Å²) in [5.74, 6) is 10.0. The summed E-state index contributed by atoms with van der Waals surface area (Å²) >= 11 is 6.80. The summed E-state index contributed by atoms with van der Waals surface area (Å²) in [7, 11) is -5.35. The molecule has 0 bridgehead atoms. The molecule has 0 spiro atoms. The van der Waals surface area contributed by atoms with Crippen molar-refractivity contribution in [2.24, 2.45) is 0 Å². The fourth-order valence-corrected chi connectivity index (χ4v) is 9.30. The van der Waals surface area contributed by atoms with E-state index in [0.29, 0.717) is 42.3 Å². The van der Waals surface area contributed by atoms with Crippen LogP contribution in [-0.2, 0) is 24.8 Å². The molecule has 6 aromatic rings. The molecule has 320 valence electrons. The summed E-state index contributed by atoms with van der Waals surface area (Å²) in [6.07, 6.45) is 2.49. The molecule has 0 saturated heterocycles. The first-order chi connectivity index (χ1) is 29.6. The number of halogens is 2. The van der Waals surface area contributed by atoms with Crippen LogP contribution in [0.15, 0.2) is 116 Å². The number of carboxylic acids is 1. The van der Waals surface area contributed by atoms with Crippen molar-refractivity contribution in [3.63, 3.8) is 0 Å². The number of anilines is 2. The number of fused-ring (bicyclic) bond motifs is 2. The van der Waals surface area contributed by atoms with E-state index in [2.05, 4.69) is 65.5 Å². The minimum absolute atomic E-state index is 0.00442. The monoisotopic (exact) mass is 1000 g/mol. The fraction of sp³-hybridized carbons (Fsp3) is 0.182. The van der Waals surface area contributed by atoms with Gasteiger partial charge in [-0.25, -0.2) is 26.4 Å². The summed E-state index contributed by atoms with van der Waals surface area (Å²) in [6, 6.07) is 22.2. The van der Waals surface area contributed by atoms with Crippen molar-refractivity contribution in [1.82, 2.24) is 9.97 Å². The van der Waals surface area contributed by atoms with Crippen LogP contribution in [0.3, 0.4) is 0 Å². The lowest BCUT2D eigenvalue weighted by Crippen LogP contribution is -2.29. The van der Waals surface area contributed by atoms with Crippen molar-refractivity contribution >= 4 is 97.0 Å². The zero-order valence-corrected chi connectivity index (χ0v) is 38.6. The standard InChI is InChI=1S/C23H21BrN2O5S.C21H17BrN2O5S/c1-4-6-14-31-16-10-12-17(13-11-16)32(28,29)26(3)22-18-8-7-9-20(24)21(18)25-15-19(22)23(27)30-5-2;1-3-4-12-29-14-8-10-15(11-9-14)30(27,28)24(2)20-16-6-5-7-18(22)19(16)23-13-17(20)21(25)26/h7-13,15H,5,14H2,1-3H3;5-11,13H,12H2,1-2H3,(H,25,26). The number of para-hydroxylation sites is 2. The topological polar surface area (TPSA) is 183 Å². The van der Waals surface area contributed by atoms with E-state index in [4.69, 9.17) is 14.2 Å². The Morgan fingerprint density at radius 1 is 0.661 bits per heavy atom. The number of sulfonamides is 2. The van der Waals surface area contributed by atoms with E-state index in [1.807, 2.05) is 0 Å². The second kappa shape index (κ2) is 20.6. The van der Waals surface area contributed by atoms with E-state index < -0.39 is 32.0 Å². The number of hydrogen-bond acceptors (Lipinski definition) is 11. The van der Waals surface area contributed by atoms with Crippen LogP contribution in [0.5, 0.6) is 11.5 Å². The predicted molar refractivity (Wildman–Crippen MR) is 244 cm³/mol. The second-order valence-corrected chi connectivity index (χ2v) is 18.3. The highest BCUT2D eigenvalue weighted by Crippen LogP contribution is 2.37. The number of esters is 1. The number of ether oxygens (including phenoxy) is 3. The van der Waals surface area contributed by atoms with Crippen molar-refractivity contribution in [2.75, 3.05) is 42.5 Å². The Labute approximate surface area is 376 Å². The maximum Gasteiger partial charge on any atom is 0.341 e. The Morgan fingerprint density at radius 2 is 1.06 bits per heavy atom. The lowest BCUT2D eigenvalue weighted by Gasteiger charge is -2.23. The average Bonchev–Trinajstić information content (AvgIpc) is 3.26. The largest absolute Gasteiger partial charge is 0.481 e. The maximum atomic E-state index is 13.4. The number of hydrogen-bond donors (Lipinski definition) is 1. The number of benzene rings is 4. The van der Waals surface area contributed by atoms with E-state index in [-0.39, 0.29) is 52.1 Å². The molecule has 18 heteroatoms. The van der Waals surface area contributed by atoms with Crippen LogP contribution in [-0.4, -0.2) is 77.8 Å². The van der Waals surface area contributed by atoms with E-state index in [1.54, 1.807) is 69.3 Å². The third-order valence-corrected chi connectivity index (χ3v) is 13.8. The number of carbonyl (C=O) groups is 2. The smallest absolute Gasteiger partial charge is 0.341 e. The molecule has 0 aliphatic rings. The van der Waals surface area contributed by atoms with Crippen LogP contribution < -0.4 is 18.1 Å². The Balaban J connectivity index is 0.000000235. The van der Waals surface area contributed by atoms with Gasteiger partial charge in [0.2, 0.25) is 0 Å². The molecule has 62 heavy (non-hydrogen) atoms. The van der Waals surface area contributed by atoms with Crippen molar-refractivity contribution in [1.29, 1.82) is 0 Å². The van der Waals surface area contributed by atoms with Gasteiger partial charge in [0.15, 0.2) is 0 Å². The summed E-state index contributed by atoms with van der Waals surface area (Å²) in [4.78, 5) is 32.9. The fourth-order valence-electron chi connectivity index (χ4n) is 5.89. The average molecular weight is 1010 g/mol. The molecule has 4 aromatic carbocycles. The molecule has 0 fully saturated rings. The lowest BCUT2D eigenvalue weighted by atomic mass is 10.1. The number of nitrogens with zero attached hydrogens (tertiary/aromatic N) is 4.